The van der Waals surface area contributed by atoms with E-state index in [0.717, 1.165) is 12.8 Å². The summed E-state index contributed by atoms with van der Waals surface area (Å²) in [7, 11) is 0. The SMILES string of the molecule is N#CCCN(C(=O)Nc1ccc(Br)cc1C(=O)O)C1CC1. The highest BCUT2D eigenvalue weighted by atomic mass is 79.9. The summed E-state index contributed by atoms with van der Waals surface area (Å²) in [5.41, 5.74) is 0.270. The minimum absolute atomic E-state index is 0.0220. The van der Waals surface area contributed by atoms with Crippen molar-refractivity contribution in [2.75, 3.05) is 11.9 Å². The minimum atomic E-state index is -1.11. The summed E-state index contributed by atoms with van der Waals surface area (Å²) in [4.78, 5) is 25.1. The van der Waals surface area contributed by atoms with Gasteiger partial charge in [0, 0.05) is 17.1 Å². The third kappa shape index (κ3) is 3.95. The number of carbonyl (C=O) groups is 2. The van der Waals surface area contributed by atoms with Gasteiger partial charge in [0.15, 0.2) is 0 Å². The fourth-order valence-electron chi connectivity index (χ4n) is 2.00. The molecule has 110 valence electrons. The van der Waals surface area contributed by atoms with E-state index in [0.29, 0.717) is 11.0 Å². The van der Waals surface area contributed by atoms with E-state index < -0.39 is 5.97 Å². The number of halogens is 1. The number of hydrogen-bond donors (Lipinski definition) is 2. The molecule has 0 heterocycles. The van der Waals surface area contributed by atoms with Crippen molar-refractivity contribution in [3.05, 3.63) is 28.2 Å². The Hall–Kier alpha value is -2.07. The third-order valence-corrected chi connectivity index (χ3v) is 3.66. The van der Waals surface area contributed by atoms with Crippen LogP contribution in [0.5, 0.6) is 0 Å². The molecule has 1 fully saturated rings. The van der Waals surface area contributed by atoms with Crippen LogP contribution < -0.4 is 5.32 Å². The van der Waals surface area contributed by atoms with Crippen molar-refractivity contribution in [3.8, 4) is 6.07 Å². The zero-order valence-corrected chi connectivity index (χ0v) is 12.8. The van der Waals surface area contributed by atoms with Gasteiger partial charge in [0.05, 0.1) is 23.7 Å². The second kappa shape index (κ2) is 6.59. The maximum Gasteiger partial charge on any atom is 0.337 e. The van der Waals surface area contributed by atoms with E-state index in [4.69, 9.17) is 5.26 Å². The Balaban J connectivity index is 2.14. The van der Waals surface area contributed by atoms with E-state index in [9.17, 15) is 14.7 Å². The van der Waals surface area contributed by atoms with Crippen molar-refractivity contribution in [1.82, 2.24) is 4.90 Å². The second-order valence-corrected chi connectivity index (χ2v) is 5.67. The number of hydrogen-bond acceptors (Lipinski definition) is 3. The van der Waals surface area contributed by atoms with Gasteiger partial charge >= 0.3 is 12.0 Å². The van der Waals surface area contributed by atoms with Crippen LogP contribution >= 0.6 is 15.9 Å². The molecule has 0 aliphatic heterocycles. The first-order valence-electron chi connectivity index (χ1n) is 6.50. The van der Waals surface area contributed by atoms with Crippen LogP contribution in [-0.2, 0) is 0 Å². The molecule has 2 N–H and O–H groups in total. The van der Waals surface area contributed by atoms with Crippen LogP contribution in [0, 0.1) is 11.3 Å². The van der Waals surface area contributed by atoms with Crippen LogP contribution in [-0.4, -0.2) is 34.6 Å². The van der Waals surface area contributed by atoms with Crippen LogP contribution in [0.1, 0.15) is 29.6 Å². The van der Waals surface area contributed by atoms with E-state index in [1.54, 1.807) is 17.0 Å². The maximum atomic E-state index is 12.3. The molecule has 0 unspecified atom stereocenters. The van der Waals surface area contributed by atoms with Crippen LogP contribution in [0.2, 0.25) is 0 Å². The first-order valence-corrected chi connectivity index (χ1v) is 7.29. The first kappa shape index (κ1) is 15.3. The lowest BCUT2D eigenvalue weighted by Gasteiger charge is -2.22. The molecular formula is C14H14BrN3O3. The minimum Gasteiger partial charge on any atom is -0.478 e. The van der Waals surface area contributed by atoms with Gasteiger partial charge in [-0.3, -0.25) is 0 Å². The standard InChI is InChI=1S/C14H14BrN3O3/c15-9-2-5-12(11(8-9)13(19)20)17-14(21)18(7-1-6-16)10-3-4-10/h2,5,8,10H,1,3-4,7H2,(H,17,21)(H,19,20). The van der Waals surface area contributed by atoms with E-state index in [-0.39, 0.29) is 29.7 Å². The molecule has 0 atom stereocenters. The lowest BCUT2D eigenvalue weighted by Crippen LogP contribution is -2.37. The molecule has 0 aromatic heterocycles. The normalized spacial score (nSPS) is 13.3. The van der Waals surface area contributed by atoms with Gasteiger partial charge < -0.3 is 15.3 Å². The molecule has 21 heavy (non-hydrogen) atoms. The third-order valence-electron chi connectivity index (χ3n) is 3.17. The molecular weight excluding hydrogens is 338 g/mol. The summed E-state index contributed by atoms with van der Waals surface area (Å²) in [5.74, 6) is -1.11. The molecule has 0 saturated heterocycles. The summed E-state index contributed by atoms with van der Waals surface area (Å²) in [6.07, 6.45) is 2.10. The Morgan fingerprint density at radius 1 is 1.48 bits per heavy atom. The molecule has 2 amide bonds. The molecule has 1 saturated carbocycles. The monoisotopic (exact) mass is 351 g/mol. The first-order chi connectivity index (χ1) is 10.0. The Morgan fingerprint density at radius 2 is 2.19 bits per heavy atom. The van der Waals surface area contributed by atoms with E-state index in [1.165, 1.54) is 6.07 Å². The second-order valence-electron chi connectivity index (χ2n) is 4.76. The number of urea groups is 1. The van der Waals surface area contributed by atoms with Gasteiger partial charge in [0.1, 0.15) is 0 Å². The molecule has 1 aromatic rings. The maximum absolute atomic E-state index is 12.3. The van der Waals surface area contributed by atoms with E-state index >= 15 is 0 Å². The lowest BCUT2D eigenvalue weighted by atomic mass is 10.2. The average Bonchev–Trinajstić information content (AvgIpc) is 3.25. The van der Waals surface area contributed by atoms with Crippen molar-refractivity contribution in [1.29, 1.82) is 5.26 Å². The van der Waals surface area contributed by atoms with Gasteiger partial charge in [-0.15, -0.1) is 0 Å². The number of nitrogens with one attached hydrogen (secondary N) is 1. The van der Waals surface area contributed by atoms with Crippen LogP contribution in [0.15, 0.2) is 22.7 Å². The number of carboxylic acids is 1. The summed E-state index contributed by atoms with van der Waals surface area (Å²) in [5, 5.41) is 20.4. The lowest BCUT2D eigenvalue weighted by molar-refractivity contribution is 0.0698. The zero-order valence-electron chi connectivity index (χ0n) is 11.2. The highest BCUT2D eigenvalue weighted by Crippen LogP contribution is 2.28. The van der Waals surface area contributed by atoms with Crippen LogP contribution in [0.4, 0.5) is 10.5 Å². The number of amides is 2. The Labute approximate surface area is 130 Å². The summed E-state index contributed by atoms with van der Waals surface area (Å²) < 4.78 is 0.626. The number of rotatable bonds is 5. The largest absolute Gasteiger partial charge is 0.478 e. The molecule has 1 aliphatic carbocycles. The number of anilines is 1. The number of aromatic carboxylic acids is 1. The van der Waals surface area contributed by atoms with Gasteiger partial charge in [-0.05, 0) is 31.0 Å². The fourth-order valence-corrected chi connectivity index (χ4v) is 2.36. The molecule has 0 spiro atoms. The number of carboxylic acid groups (broad SMARTS) is 1. The molecule has 1 aliphatic rings. The highest BCUT2D eigenvalue weighted by molar-refractivity contribution is 9.10. The van der Waals surface area contributed by atoms with Gasteiger partial charge in [-0.1, -0.05) is 15.9 Å². The highest BCUT2D eigenvalue weighted by Gasteiger charge is 2.32. The number of nitriles is 1. The molecule has 6 nitrogen and oxygen atoms in total. The van der Waals surface area contributed by atoms with Crippen molar-refractivity contribution in [2.45, 2.75) is 25.3 Å². The molecule has 0 bridgehead atoms. The molecule has 0 radical (unpaired) electrons. The number of benzene rings is 1. The van der Waals surface area contributed by atoms with Gasteiger partial charge in [0.2, 0.25) is 0 Å². The predicted octanol–water partition coefficient (Wildman–Crippen LogP) is 3.06. The smallest absolute Gasteiger partial charge is 0.337 e. The Kier molecular flexibility index (Phi) is 4.81. The molecule has 1 aromatic carbocycles. The summed E-state index contributed by atoms with van der Waals surface area (Å²) >= 11 is 3.20. The van der Waals surface area contributed by atoms with Crippen molar-refractivity contribution in [3.63, 3.8) is 0 Å². The average molecular weight is 352 g/mol. The van der Waals surface area contributed by atoms with E-state index in [2.05, 4.69) is 21.2 Å². The van der Waals surface area contributed by atoms with E-state index in [1.807, 2.05) is 6.07 Å². The predicted molar refractivity (Wildman–Crippen MR) is 80.1 cm³/mol. The number of carbonyl (C=O) groups excluding carboxylic acids is 1. The Morgan fingerprint density at radius 3 is 2.76 bits per heavy atom. The Bertz CT molecular complexity index is 608. The topological polar surface area (TPSA) is 93.4 Å². The van der Waals surface area contributed by atoms with Crippen molar-refractivity contribution in [2.24, 2.45) is 0 Å². The summed E-state index contributed by atoms with van der Waals surface area (Å²) in [6, 6.07) is 6.45. The zero-order chi connectivity index (χ0) is 15.4. The van der Waals surface area contributed by atoms with Crippen LogP contribution in [0.25, 0.3) is 0 Å². The molecule has 7 heteroatoms. The van der Waals surface area contributed by atoms with Gasteiger partial charge in [-0.25, -0.2) is 9.59 Å². The van der Waals surface area contributed by atoms with Gasteiger partial charge in [0.25, 0.3) is 0 Å². The van der Waals surface area contributed by atoms with Crippen molar-refractivity contribution >= 4 is 33.6 Å². The van der Waals surface area contributed by atoms with Crippen LogP contribution in [0.3, 0.4) is 0 Å². The van der Waals surface area contributed by atoms with Crippen molar-refractivity contribution < 1.29 is 14.7 Å². The summed E-state index contributed by atoms with van der Waals surface area (Å²) in [6.45, 7) is 0.353. The fraction of sp³-hybridized carbons (Fsp3) is 0.357. The number of nitrogens with zero attached hydrogens (tertiary/aromatic N) is 2. The van der Waals surface area contributed by atoms with Gasteiger partial charge in [-0.2, -0.15) is 5.26 Å². The molecule has 2 rings (SSSR count). The quantitative estimate of drug-likeness (QED) is 0.852.